The number of carbonyl (C=O) groups excluding carboxylic acids is 1. The van der Waals surface area contributed by atoms with Gasteiger partial charge in [-0.15, -0.1) is 0 Å². The molecule has 30 heavy (non-hydrogen) atoms. The lowest BCUT2D eigenvalue weighted by Crippen LogP contribution is -2.25. The van der Waals surface area contributed by atoms with Gasteiger partial charge in [0.05, 0.1) is 10.6 Å². The molecule has 2 N–H and O–H groups in total. The van der Waals surface area contributed by atoms with Crippen LogP contribution in [0.5, 0.6) is 0 Å². The van der Waals surface area contributed by atoms with E-state index in [-0.39, 0.29) is 10.8 Å². The van der Waals surface area contributed by atoms with Crippen LogP contribution in [0.3, 0.4) is 0 Å². The van der Waals surface area contributed by atoms with Crippen LogP contribution < -0.4 is 10.0 Å². The summed E-state index contributed by atoms with van der Waals surface area (Å²) in [5.74, 6) is -0.244. The van der Waals surface area contributed by atoms with Gasteiger partial charge in [0.25, 0.3) is 15.9 Å². The molecule has 0 aliphatic heterocycles. The van der Waals surface area contributed by atoms with E-state index in [9.17, 15) is 13.2 Å². The van der Waals surface area contributed by atoms with Crippen molar-refractivity contribution >= 4 is 33.2 Å². The first-order valence-corrected chi connectivity index (χ1v) is 11.4. The van der Waals surface area contributed by atoms with Gasteiger partial charge < -0.3 is 5.32 Å². The molecule has 5 nitrogen and oxygen atoms in total. The van der Waals surface area contributed by atoms with Crippen LogP contribution >= 0.6 is 11.6 Å². The van der Waals surface area contributed by atoms with Crippen LogP contribution in [0.25, 0.3) is 0 Å². The first kappa shape index (κ1) is 21.9. The van der Waals surface area contributed by atoms with E-state index in [1.165, 1.54) is 12.1 Å². The van der Waals surface area contributed by atoms with E-state index in [2.05, 4.69) is 10.0 Å². The summed E-state index contributed by atoms with van der Waals surface area (Å²) in [6.45, 7) is 2.30. The predicted molar refractivity (Wildman–Crippen MR) is 121 cm³/mol. The fourth-order valence-electron chi connectivity index (χ4n) is 2.92. The quantitative estimate of drug-likeness (QED) is 0.491. The smallest absolute Gasteiger partial charge is 0.261 e. The highest BCUT2D eigenvalue weighted by Gasteiger charge is 2.16. The van der Waals surface area contributed by atoms with E-state index in [0.717, 1.165) is 24.0 Å². The third-order valence-electron chi connectivity index (χ3n) is 4.64. The van der Waals surface area contributed by atoms with Crippen LogP contribution in [-0.2, 0) is 16.4 Å². The van der Waals surface area contributed by atoms with Crippen molar-refractivity contribution in [1.82, 2.24) is 5.32 Å². The molecular weight excluding hydrogens is 420 g/mol. The Bertz CT molecular complexity index is 1110. The van der Waals surface area contributed by atoms with Crippen LogP contribution in [0.4, 0.5) is 5.69 Å². The molecule has 0 unspecified atom stereocenters. The van der Waals surface area contributed by atoms with Gasteiger partial charge in [-0.3, -0.25) is 9.52 Å². The van der Waals surface area contributed by atoms with Crippen molar-refractivity contribution in [2.75, 3.05) is 11.3 Å². The molecule has 0 bridgehead atoms. The molecule has 3 aromatic rings. The minimum absolute atomic E-state index is 0.168. The molecule has 0 saturated heterocycles. The van der Waals surface area contributed by atoms with Crippen molar-refractivity contribution in [2.24, 2.45) is 0 Å². The summed E-state index contributed by atoms with van der Waals surface area (Å²) in [6.07, 6.45) is 1.61. The second kappa shape index (κ2) is 9.78. The van der Waals surface area contributed by atoms with E-state index in [1.807, 2.05) is 24.3 Å². The van der Waals surface area contributed by atoms with Gasteiger partial charge in [-0.05, 0) is 67.3 Å². The molecule has 7 heteroatoms. The van der Waals surface area contributed by atoms with Gasteiger partial charge >= 0.3 is 0 Å². The summed E-state index contributed by atoms with van der Waals surface area (Å²) in [6, 6.07) is 20.7. The maximum Gasteiger partial charge on any atom is 0.261 e. The number of amides is 1. The van der Waals surface area contributed by atoms with Crippen molar-refractivity contribution in [2.45, 2.75) is 24.7 Å². The van der Waals surface area contributed by atoms with Crippen LogP contribution in [0, 0.1) is 6.92 Å². The molecular formula is C23H23ClN2O3S. The molecule has 0 heterocycles. The molecule has 0 radical (unpaired) electrons. The number of benzene rings is 3. The number of rotatable bonds is 8. The van der Waals surface area contributed by atoms with Crippen molar-refractivity contribution in [3.05, 3.63) is 94.5 Å². The molecule has 0 fully saturated rings. The Labute approximate surface area is 182 Å². The van der Waals surface area contributed by atoms with Gasteiger partial charge in [0.2, 0.25) is 0 Å². The molecule has 0 aromatic heterocycles. The van der Waals surface area contributed by atoms with Gasteiger partial charge in [-0.2, -0.15) is 0 Å². The standard InChI is InChI=1S/C23H23ClN2O3S/c1-17-9-12-19(16-22(17)26-30(28,29)21-7-3-2-4-8-21)23(27)25-15-5-6-18-10-13-20(24)14-11-18/h2-4,7-14,16,26H,5-6,15H2,1H3,(H,25,27). The van der Waals surface area contributed by atoms with Crippen LogP contribution in [0.1, 0.15) is 27.9 Å². The number of carbonyl (C=O) groups is 1. The molecule has 0 atom stereocenters. The predicted octanol–water partition coefficient (Wildman–Crippen LogP) is 4.81. The zero-order chi connectivity index (χ0) is 21.6. The largest absolute Gasteiger partial charge is 0.352 e. The average molecular weight is 443 g/mol. The van der Waals surface area contributed by atoms with Gasteiger partial charge in [0, 0.05) is 17.1 Å². The van der Waals surface area contributed by atoms with Crippen molar-refractivity contribution in [3.63, 3.8) is 0 Å². The normalized spacial score (nSPS) is 11.1. The topological polar surface area (TPSA) is 75.3 Å². The minimum Gasteiger partial charge on any atom is -0.352 e. The molecule has 3 rings (SSSR count). The van der Waals surface area contributed by atoms with Gasteiger partial charge in [-0.1, -0.05) is 48.0 Å². The number of halogens is 1. The Morgan fingerprint density at radius 1 is 0.967 bits per heavy atom. The third kappa shape index (κ3) is 5.84. The molecule has 0 saturated carbocycles. The molecule has 0 spiro atoms. The molecule has 1 amide bonds. The van der Waals surface area contributed by atoms with Crippen LogP contribution in [-0.4, -0.2) is 20.9 Å². The summed E-state index contributed by atoms with van der Waals surface area (Å²) < 4.78 is 27.7. The fourth-order valence-corrected chi connectivity index (χ4v) is 4.19. The summed E-state index contributed by atoms with van der Waals surface area (Å²) in [5.41, 5.74) is 2.67. The maximum atomic E-state index is 12.6. The van der Waals surface area contributed by atoms with Gasteiger partial charge in [-0.25, -0.2) is 8.42 Å². The Morgan fingerprint density at radius 2 is 1.67 bits per heavy atom. The molecule has 156 valence electrons. The number of sulfonamides is 1. The lowest BCUT2D eigenvalue weighted by Gasteiger charge is -2.12. The number of hydrogen-bond donors (Lipinski definition) is 2. The molecule has 0 aliphatic rings. The summed E-state index contributed by atoms with van der Waals surface area (Å²) in [4.78, 5) is 12.7. The molecule has 3 aromatic carbocycles. The van der Waals surface area contributed by atoms with E-state index >= 15 is 0 Å². The highest BCUT2D eigenvalue weighted by molar-refractivity contribution is 7.92. The molecule has 0 aliphatic carbocycles. The second-order valence-corrected chi connectivity index (χ2v) is 9.05. The maximum absolute atomic E-state index is 12.6. The van der Waals surface area contributed by atoms with Crippen molar-refractivity contribution in [3.8, 4) is 0 Å². The summed E-state index contributed by atoms with van der Waals surface area (Å²) >= 11 is 5.88. The monoisotopic (exact) mass is 442 g/mol. The van der Waals surface area contributed by atoms with E-state index < -0.39 is 10.0 Å². The van der Waals surface area contributed by atoms with Gasteiger partial charge in [0.1, 0.15) is 0 Å². The highest BCUT2D eigenvalue weighted by Crippen LogP contribution is 2.21. The van der Waals surface area contributed by atoms with E-state index in [4.69, 9.17) is 11.6 Å². The Hall–Kier alpha value is -2.83. The zero-order valence-corrected chi connectivity index (χ0v) is 18.1. The van der Waals surface area contributed by atoms with E-state index in [0.29, 0.717) is 22.8 Å². The average Bonchev–Trinajstić information content (AvgIpc) is 2.74. The van der Waals surface area contributed by atoms with E-state index in [1.54, 1.807) is 43.3 Å². The third-order valence-corrected chi connectivity index (χ3v) is 6.27. The Morgan fingerprint density at radius 3 is 2.37 bits per heavy atom. The number of hydrogen-bond acceptors (Lipinski definition) is 3. The lowest BCUT2D eigenvalue weighted by atomic mass is 10.1. The minimum atomic E-state index is -3.72. The van der Waals surface area contributed by atoms with Crippen LogP contribution in [0.2, 0.25) is 5.02 Å². The first-order valence-electron chi connectivity index (χ1n) is 9.56. The lowest BCUT2D eigenvalue weighted by molar-refractivity contribution is 0.0953. The highest BCUT2D eigenvalue weighted by atomic mass is 35.5. The Balaban J connectivity index is 1.61. The Kier molecular flexibility index (Phi) is 7.13. The number of nitrogens with one attached hydrogen (secondary N) is 2. The second-order valence-electron chi connectivity index (χ2n) is 6.93. The van der Waals surface area contributed by atoms with Crippen molar-refractivity contribution in [1.29, 1.82) is 0 Å². The number of aryl methyl sites for hydroxylation is 2. The summed E-state index contributed by atoms with van der Waals surface area (Å²) in [7, 11) is -3.72. The fraction of sp³-hybridized carbons (Fsp3) is 0.174. The number of anilines is 1. The summed E-state index contributed by atoms with van der Waals surface area (Å²) in [5, 5.41) is 3.58. The van der Waals surface area contributed by atoms with Crippen LogP contribution in [0.15, 0.2) is 77.7 Å². The zero-order valence-electron chi connectivity index (χ0n) is 16.6. The SMILES string of the molecule is Cc1ccc(C(=O)NCCCc2ccc(Cl)cc2)cc1NS(=O)(=O)c1ccccc1. The van der Waals surface area contributed by atoms with Gasteiger partial charge in [0.15, 0.2) is 0 Å². The van der Waals surface area contributed by atoms with Crippen molar-refractivity contribution < 1.29 is 13.2 Å². The first-order chi connectivity index (χ1) is 14.3.